The average Bonchev–Trinajstić information content (AvgIpc) is 2.48. The van der Waals surface area contributed by atoms with Gasteiger partial charge in [-0.25, -0.2) is 0 Å². The van der Waals surface area contributed by atoms with Crippen molar-refractivity contribution < 1.29 is 4.74 Å². The molecule has 1 saturated heterocycles. The molecule has 0 spiro atoms. The molecule has 26 heavy (non-hydrogen) atoms. The van der Waals surface area contributed by atoms with Gasteiger partial charge in [0.25, 0.3) is 0 Å². The van der Waals surface area contributed by atoms with Crippen molar-refractivity contribution in [2.75, 3.05) is 0 Å². The second-order valence-corrected chi connectivity index (χ2v) is 10.6. The first kappa shape index (κ1) is 21.4. The molecule has 2 nitrogen and oxygen atoms in total. The summed E-state index contributed by atoms with van der Waals surface area (Å²) in [7, 11) is 0. The Bertz CT molecular complexity index is 588. The summed E-state index contributed by atoms with van der Waals surface area (Å²) in [5.74, 6) is 0.466. The van der Waals surface area contributed by atoms with E-state index in [9.17, 15) is 0 Å². The Labute approximate surface area is 162 Å². The number of rotatable bonds is 4. The predicted molar refractivity (Wildman–Crippen MR) is 113 cm³/mol. The Balaban J connectivity index is 2.07. The van der Waals surface area contributed by atoms with Gasteiger partial charge in [0.1, 0.15) is 0 Å². The molecular formula is C24H41NO. The van der Waals surface area contributed by atoms with Crippen molar-refractivity contribution in [1.29, 1.82) is 0 Å². The van der Waals surface area contributed by atoms with Crippen LogP contribution in [0.3, 0.4) is 0 Å². The van der Waals surface area contributed by atoms with Gasteiger partial charge in [-0.15, -0.1) is 0 Å². The molecule has 0 aromatic carbocycles. The van der Waals surface area contributed by atoms with Crippen molar-refractivity contribution in [1.82, 2.24) is 0 Å². The van der Waals surface area contributed by atoms with E-state index >= 15 is 0 Å². The van der Waals surface area contributed by atoms with E-state index in [1.165, 1.54) is 36.0 Å². The Kier molecular flexibility index (Phi) is 6.30. The van der Waals surface area contributed by atoms with Gasteiger partial charge >= 0.3 is 0 Å². The van der Waals surface area contributed by atoms with Crippen LogP contribution in [0, 0.1) is 11.3 Å². The third kappa shape index (κ3) is 5.82. The van der Waals surface area contributed by atoms with E-state index in [0.717, 1.165) is 12.8 Å². The Morgan fingerprint density at radius 3 is 2.19 bits per heavy atom. The number of ether oxygens (including phenoxy) is 1. The second-order valence-electron chi connectivity index (χ2n) is 10.6. The molecule has 0 aromatic rings. The number of hydrogen-bond donors (Lipinski definition) is 1. The molecule has 1 fully saturated rings. The lowest BCUT2D eigenvalue weighted by molar-refractivity contribution is -0.173. The van der Waals surface area contributed by atoms with Gasteiger partial charge in [0, 0.05) is 6.04 Å². The fraction of sp³-hybridized carbons (Fsp3) is 0.750. The third-order valence-electron chi connectivity index (χ3n) is 6.22. The van der Waals surface area contributed by atoms with E-state index in [-0.39, 0.29) is 17.2 Å². The Morgan fingerprint density at radius 2 is 1.69 bits per heavy atom. The monoisotopic (exact) mass is 359 g/mol. The maximum atomic E-state index is 6.57. The van der Waals surface area contributed by atoms with E-state index in [0.29, 0.717) is 11.3 Å². The Hall–Kier alpha value is -0.860. The summed E-state index contributed by atoms with van der Waals surface area (Å²) in [6.07, 6.45) is 12.6. The summed E-state index contributed by atoms with van der Waals surface area (Å²) in [4.78, 5) is 0. The normalized spacial score (nSPS) is 27.8. The first-order valence-corrected chi connectivity index (χ1v) is 10.3. The molecule has 2 rings (SSSR count). The molecule has 1 aliphatic heterocycles. The largest absolute Gasteiger partial charge is 0.370 e. The van der Waals surface area contributed by atoms with Gasteiger partial charge in [0.2, 0.25) is 0 Å². The molecule has 0 aromatic heterocycles. The van der Waals surface area contributed by atoms with Crippen molar-refractivity contribution in [3.05, 3.63) is 34.9 Å². The zero-order valence-corrected chi connectivity index (χ0v) is 18.4. The number of nitrogens with two attached hydrogens (primary N) is 1. The zero-order chi connectivity index (χ0) is 19.8. The quantitative estimate of drug-likeness (QED) is 0.595. The first-order chi connectivity index (χ1) is 11.8. The fourth-order valence-electron chi connectivity index (χ4n) is 4.65. The Morgan fingerprint density at radius 1 is 1.12 bits per heavy atom. The lowest BCUT2D eigenvalue weighted by atomic mass is 9.76. The van der Waals surface area contributed by atoms with Crippen LogP contribution in [-0.4, -0.2) is 17.2 Å². The predicted octanol–water partition coefficient (Wildman–Crippen LogP) is 6.33. The highest BCUT2D eigenvalue weighted by Gasteiger charge is 2.40. The van der Waals surface area contributed by atoms with E-state index in [4.69, 9.17) is 10.5 Å². The lowest BCUT2D eigenvalue weighted by Crippen LogP contribution is -2.49. The highest BCUT2D eigenvalue weighted by Crippen LogP contribution is 2.40. The maximum Gasteiger partial charge on any atom is 0.0637 e. The molecule has 0 bridgehead atoms. The van der Waals surface area contributed by atoms with Gasteiger partial charge in [-0.3, -0.25) is 0 Å². The third-order valence-corrected chi connectivity index (χ3v) is 6.22. The summed E-state index contributed by atoms with van der Waals surface area (Å²) >= 11 is 0. The van der Waals surface area contributed by atoms with Crippen LogP contribution in [0.2, 0.25) is 0 Å². The van der Waals surface area contributed by atoms with Gasteiger partial charge in [-0.1, -0.05) is 32.1 Å². The molecule has 0 amide bonds. The summed E-state index contributed by atoms with van der Waals surface area (Å²) in [6, 6.07) is 0.0828. The van der Waals surface area contributed by atoms with E-state index in [1.54, 1.807) is 0 Å². The minimum Gasteiger partial charge on any atom is -0.370 e. The van der Waals surface area contributed by atoms with Crippen LogP contribution in [-0.2, 0) is 4.74 Å². The minimum atomic E-state index is -0.0988. The van der Waals surface area contributed by atoms with E-state index in [1.807, 2.05) is 0 Å². The van der Waals surface area contributed by atoms with Crippen molar-refractivity contribution >= 4 is 0 Å². The van der Waals surface area contributed by atoms with Gasteiger partial charge in [-0.2, -0.15) is 0 Å². The van der Waals surface area contributed by atoms with Gasteiger partial charge in [-0.05, 0) is 102 Å². The van der Waals surface area contributed by atoms with Crippen molar-refractivity contribution in [2.45, 2.75) is 105 Å². The molecule has 1 heterocycles. The van der Waals surface area contributed by atoms with E-state index < -0.39 is 0 Å². The van der Waals surface area contributed by atoms with Gasteiger partial charge < -0.3 is 10.5 Å². The molecule has 2 N–H and O–H groups in total. The van der Waals surface area contributed by atoms with Crippen LogP contribution in [0.1, 0.15) is 87.5 Å². The molecule has 2 heteroatoms. The zero-order valence-electron chi connectivity index (χ0n) is 18.4. The molecular weight excluding hydrogens is 318 g/mol. The SMILES string of the molecule is CC(/C=C\C(N)C1CC(C)(C)OC(C)(C)C1)=C(/C)C1=CCC(C)(C)CC1. The number of hydrogen-bond acceptors (Lipinski definition) is 2. The molecule has 148 valence electrons. The first-order valence-electron chi connectivity index (χ1n) is 10.3. The van der Waals surface area contributed by atoms with Crippen LogP contribution in [0.5, 0.6) is 0 Å². The summed E-state index contributed by atoms with van der Waals surface area (Å²) in [5, 5.41) is 0. The lowest BCUT2D eigenvalue weighted by Gasteiger charge is -2.46. The van der Waals surface area contributed by atoms with Crippen LogP contribution >= 0.6 is 0 Å². The van der Waals surface area contributed by atoms with Crippen LogP contribution in [0.15, 0.2) is 34.9 Å². The summed E-state index contributed by atoms with van der Waals surface area (Å²) < 4.78 is 6.21. The van der Waals surface area contributed by atoms with Crippen molar-refractivity contribution in [3.8, 4) is 0 Å². The van der Waals surface area contributed by atoms with Crippen molar-refractivity contribution in [2.24, 2.45) is 17.1 Å². The molecule has 2 aliphatic rings. The highest BCUT2D eigenvalue weighted by molar-refractivity contribution is 5.39. The van der Waals surface area contributed by atoms with Crippen molar-refractivity contribution in [3.63, 3.8) is 0 Å². The molecule has 0 saturated carbocycles. The van der Waals surface area contributed by atoms with Crippen LogP contribution in [0.25, 0.3) is 0 Å². The molecule has 1 unspecified atom stereocenters. The topological polar surface area (TPSA) is 35.2 Å². The second kappa shape index (κ2) is 7.64. The summed E-state index contributed by atoms with van der Waals surface area (Å²) in [6.45, 7) is 17.9. The van der Waals surface area contributed by atoms with Gasteiger partial charge in [0.05, 0.1) is 11.2 Å². The standard InChI is InChI=1S/C24H41NO/c1-17(18(2)19-11-13-22(3,4)14-12-19)9-10-21(25)20-15-23(5,6)26-24(7,8)16-20/h9-11,20-21H,12-16,25H2,1-8H3/b10-9-,18-17+. The van der Waals surface area contributed by atoms with E-state index in [2.05, 4.69) is 73.6 Å². The van der Waals surface area contributed by atoms with Gasteiger partial charge in [0.15, 0.2) is 0 Å². The van der Waals surface area contributed by atoms with Crippen LogP contribution < -0.4 is 5.73 Å². The molecule has 1 aliphatic carbocycles. The van der Waals surface area contributed by atoms with Crippen LogP contribution in [0.4, 0.5) is 0 Å². The molecule has 0 radical (unpaired) electrons. The summed E-state index contributed by atoms with van der Waals surface area (Å²) in [5.41, 5.74) is 11.1. The smallest absolute Gasteiger partial charge is 0.0637 e. The molecule has 1 atom stereocenters. The maximum absolute atomic E-state index is 6.57. The number of allylic oxidation sites excluding steroid dienone is 5. The fourth-order valence-corrected chi connectivity index (χ4v) is 4.65. The average molecular weight is 360 g/mol. The highest BCUT2D eigenvalue weighted by atomic mass is 16.5. The minimum absolute atomic E-state index is 0.0828.